The SMILES string of the molecule is CCNC(=NCCN1CCC(C)CC1)NC(C)CCCN(CC)CC. The van der Waals surface area contributed by atoms with E-state index in [4.69, 9.17) is 4.99 Å². The zero-order chi connectivity index (χ0) is 18.5. The molecule has 0 saturated carbocycles. The van der Waals surface area contributed by atoms with Crippen LogP contribution in [0.3, 0.4) is 0 Å². The monoisotopic (exact) mass is 353 g/mol. The van der Waals surface area contributed by atoms with Crippen LogP contribution in [0.1, 0.15) is 60.3 Å². The molecular formula is C20H43N5. The molecule has 1 heterocycles. The van der Waals surface area contributed by atoms with E-state index in [0.29, 0.717) is 6.04 Å². The lowest BCUT2D eigenvalue weighted by Gasteiger charge is -2.29. The Bertz CT molecular complexity index is 346. The Morgan fingerprint density at radius 3 is 2.48 bits per heavy atom. The summed E-state index contributed by atoms with van der Waals surface area (Å²) in [6.07, 6.45) is 5.10. The van der Waals surface area contributed by atoms with Gasteiger partial charge in [0.1, 0.15) is 0 Å². The summed E-state index contributed by atoms with van der Waals surface area (Å²) < 4.78 is 0. The smallest absolute Gasteiger partial charge is 0.191 e. The van der Waals surface area contributed by atoms with E-state index in [1.54, 1.807) is 0 Å². The standard InChI is InChI=1S/C20H43N5/c1-6-21-20(22-13-17-25-15-11-18(4)12-16-25)23-19(5)10-9-14-24(7-2)8-3/h18-19H,6-17H2,1-5H3,(H2,21,22,23). The lowest BCUT2D eigenvalue weighted by atomic mass is 9.99. The predicted octanol–water partition coefficient (Wildman–Crippen LogP) is 2.78. The number of nitrogens with zero attached hydrogens (tertiary/aromatic N) is 3. The number of piperidine rings is 1. The Morgan fingerprint density at radius 2 is 1.88 bits per heavy atom. The highest BCUT2D eigenvalue weighted by Gasteiger charge is 2.15. The molecule has 1 fully saturated rings. The van der Waals surface area contributed by atoms with Crippen molar-refractivity contribution in [3.63, 3.8) is 0 Å². The summed E-state index contributed by atoms with van der Waals surface area (Å²) >= 11 is 0. The minimum atomic E-state index is 0.462. The molecule has 0 amide bonds. The quantitative estimate of drug-likeness (QED) is 0.443. The van der Waals surface area contributed by atoms with Crippen LogP contribution in [0.15, 0.2) is 4.99 Å². The summed E-state index contributed by atoms with van der Waals surface area (Å²) in [6, 6.07) is 0.462. The lowest BCUT2D eigenvalue weighted by Crippen LogP contribution is -2.43. The first kappa shape index (κ1) is 22.2. The zero-order valence-electron chi connectivity index (χ0n) is 17.5. The van der Waals surface area contributed by atoms with Crippen molar-refractivity contribution in [2.75, 3.05) is 52.4 Å². The fraction of sp³-hybridized carbons (Fsp3) is 0.950. The number of aliphatic imine (C=N–C) groups is 1. The summed E-state index contributed by atoms with van der Waals surface area (Å²) in [6.45, 7) is 20.1. The van der Waals surface area contributed by atoms with Gasteiger partial charge in [-0.25, -0.2) is 0 Å². The molecule has 25 heavy (non-hydrogen) atoms. The molecule has 5 nitrogen and oxygen atoms in total. The van der Waals surface area contributed by atoms with Gasteiger partial charge in [0.05, 0.1) is 6.54 Å². The second-order valence-electron chi connectivity index (χ2n) is 7.50. The highest BCUT2D eigenvalue weighted by molar-refractivity contribution is 5.80. The first-order chi connectivity index (χ1) is 12.1. The molecule has 1 aliphatic heterocycles. The van der Waals surface area contributed by atoms with Crippen molar-refractivity contribution in [1.82, 2.24) is 20.4 Å². The van der Waals surface area contributed by atoms with Gasteiger partial charge in [-0.3, -0.25) is 4.99 Å². The third-order valence-corrected chi connectivity index (χ3v) is 5.30. The van der Waals surface area contributed by atoms with E-state index in [9.17, 15) is 0 Å². The summed E-state index contributed by atoms with van der Waals surface area (Å²) in [5, 5.41) is 6.96. The zero-order valence-corrected chi connectivity index (χ0v) is 17.5. The van der Waals surface area contributed by atoms with Crippen molar-refractivity contribution in [3.05, 3.63) is 0 Å². The van der Waals surface area contributed by atoms with Crippen molar-refractivity contribution in [2.45, 2.75) is 66.3 Å². The topological polar surface area (TPSA) is 42.9 Å². The molecule has 0 aromatic heterocycles. The van der Waals surface area contributed by atoms with E-state index in [1.807, 2.05) is 0 Å². The van der Waals surface area contributed by atoms with Crippen LogP contribution in [0.25, 0.3) is 0 Å². The maximum absolute atomic E-state index is 4.78. The van der Waals surface area contributed by atoms with Crippen molar-refractivity contribution >= 4 is 5.96 Å². The largest absolute Gasteiger partial charge is 0.357 e. The minimum Gasteiger partial charge on any atom is -0.357 e. The Kier molecular flexibility index (Phi) is 11.9. The molecule has 0 spiro atoms. The average Bonchev–Trinajstić information content (AvgIpc) is 2.60. The molecule has 1 atom stereocenters. The second-order valence-corrected chi connectivity index (χ2v) is 7.50. The van der Waals surface area contributed by atoms with Crippen LogP contribution in [-0.4, -0.2) is 74.2 Å². The first-order valence-corrected chi connectivity index (χ1v) is 10.6. The minimum absolute atomic E-state index is 0.462. The highest BCUT2D eigenvalue weighted by Crippen LogP contribution is 2.15. The van der Waals surface area contributed by atoms with Gasteiger partial charge in [0, 0.05) is 19.1 Å². The average molecular weight is 354 g/mol. The van der Waals surface area contributed by atoms with Gasteiger partial charge in [-0.1, -0.05) is 20.8 Å². The van der Waals surface area contributed by atoms with Gasteiger partial charge in [0.2, 0.25) is 0 Å². The molecular weight excluding hydrogens is 310 g/mol. The highest BCUT2D eigenvalue weighted by atomic mass is 15.2. The van der Waals surface area contributed by atoms with E-state index in [0.717, 1.165) is 44.6 Å². The van der Waals surface area contributed by atoms with Gasteiger partial charge >= 0.3 is 0 Å². The van der Waals surface area contributed by atoms with Crippen LogP contribution in [0.4, 0.5) is 0 Å². The van der Waals surface area contributed by atoms with Crippen molar-refractivity contribution in [2.24, 2.45) is 10.9 Å². The van der Waals surface area contributed by atoms with E-state index in [-0.39, 0.29) is 0 Å². The van der Waals surface area contributed by atoms with Crippen molar-refractivity contribution in [1.29, 1.82) is 0 Å². The summed E-state index contributed by atoms with van der Waals surface area (Å²) in [4.78, 5) is 9.83. The molecule has 148 valence electrons. The molecule has 0 aromatic carbocycles. The Balaban J connectivity index is 2.29. The van der Waals surface area contributed by atoms with E-state index in [1.165, 1.54) is 45.3 Å². The van der Waals surface area contributed by atoms with Gasteiger partial charge in [-0.15, -0.1) is 0 Å². The molecule has 0 radical (unpaired) electrons. The van der Waals surface area contributed by atoms with Crippen LogP contribution in [0.2, 0.25) is 0 Å². The van der Waals surface area contributed by atoms with Crippen molar-refractivity contribution in [3.8, 4) is 0 Å². The predicted molar refractivity (Wildman–Crippen MR) is 110 cm³/mol. The molecule has 1 rings (SSSR count). The van der Waals surface area contributed by atoms with Crippen LogP contribution in [-0.2, 0) is 0 Å². The fourth-order valence-electron chi connectivity index (χ4n) is 3.38. The number of likely N-dealkylation sites (tertiary alicyclic amines) is 1. The van der Waals surface area contributed by atoms with Crippen LogP contribution < -0.4 is 10.6 Å². The molecule has 1 aliphatic rings. The summed E-state index contributed by atoms with van der Waals surface area (Å²) in [7, 11) is 0. The Labute approximate surface area is 156 Å². The molecule has 0 bridgehead atoms. The van der Waals surface area contributed by atoms with E-state index >= 15 is 0 Å². The molecule has 5 heteroatoms. The first-order valence-electron chi connectivity index (χ1n) is 10.6. The molecule has 1 saturated heterocycles. The van der Waals surface area contributed by atoms with Gasteiger partial charge in [0.25, 0.3) is 0 Å². The van der Waals surface area contributed by atoms with Gasteiger partial charge in [-0.2, -0.15) is 0 Å². The second kappa shape index (κ2) is 13.4. The molecule has 1 unspecified atom stereocenters. The van der Waals surface area contributed by atoms with Crippen molar-refractivity contribution < 1.29 is 0 Å². The van der Waals surface area contributed by atoms with E-state index in [2.05, 4.69) is 55.1 Å². The molecule has 0 aromatic rings. The van der Waals surface area contributed by atoms with E-state index < -0.39 is 0 Å². The third kappa shape index (κ3) is 10.0. The van der Waals surface area contributed by atoms with Gasteiger partial charge in [0.15, 0.2) is 5.96 Å². The normalized spacial score (nSPS) is 18.6. The van der Waals surface area contributed by atoms with Gasteiger partial charge in [-0.05, 0) is 78.2 Å². The summed E-state index contributed by atoms with van der Waals surface area (Å²) in [5.41, 5.74) is 0. The number of rotatable bonds is 11. The fourth-order valence-corrected chi connectivity index (χ4v) is 3.38. The maximum atomic E-state index is 4.78. The van der Waals surface area contributed by atoms with Crippen LogP contribution in [0, 0.1) is 5.92 Å². The number of hydrogen-bond donors (Lipinski definition) is 2. The lowest BCUT2D eigenvalue weighted by molar-refractivity contribution is 0.197. The number of guanidine groups is 1. The molecule has 0 aliphatic carbocycles. The number of nitrogens with one attached hydrogen (secondary N) is 2. The Morgan fingerprint density at radius 1 is 1.20 bits per heavy atom. The molecule has 2 N–H and O–H groups in total. The van der Waals surface area contributed by atoms with Crippen LogP contribution >= 0.6 is 0 Å². The van der Waals surface area contributed by atoms with Gasteiger partial charge < -0.3 is 20.4 Å². The number of hydrogen-bond acceptors (Lipinski definition) is 3. The maximum Gasteiger partial charge on any atom is 0.191 e. The summed E-state index contributed by atoms with van der Waals surface area (Å²) in [5.74, 6) is 1.87. The van der Waals surface area contributed by atoms with Crippen LogP contribution in [0.5, 0.6) is 0 Å². The third-order valence-electron chi connectivity index (χ3n) is 5.30. The Hall–Kier alpha value is -0.810.